The Morgan fingerprint density at radius 1 is 0.981 bits per heavy atom. The molecule has 1 saturated heterocycles. The number of piperidine rings is 1. The topological polar surface area (TPSA) is 142 Å². The van der Waals surface area contributed by atoms with Gasteiger partial charge in [0.2, 0.25) is 11.8 Å². The van der Waals surface area contributed by atoms with Gasteiger partial charge in [0.1, 0.15) is 12.4 Å². The summed E-state index contributed by atoms with van der Waals surface area (Å²) in [5.74, 6) is 3.21. The largest absolute Gasteiger partial charge is 0.378 e. The van der Waals surface area contributed by atoms with Crippen LogP contribution in [-0.4, -0.2) is 117 Å². The van der Waals surface area contributed by atoms with E-state index in [1.54, 1.807) is 29.4 Å². The van der Waals surface area contributed by atoms with E-state index in [1.807, 2.05) is 21.6 Å². The molecule has 0 bridgehead atoms. The number of benzene rings is 1. The summed E-state index contributed by atoms with van der Waals surface area (Å²) < 4.78 is 49.3. The van der Waals surface area contributed by atoms with Crippen LogP contribution in [0.5, 0.6) is 0 Å². The molecule has 2 amide bonds. The molecule has 2 aromatic heterocycles. The second kappa shape index (κ2) is 18.2. The van der Waals surface area contributed by atoms with Crippen molar-refractivity contribution in [2.75, 3.05) is 82.4 Å². The molecule has 3 aliphatic rings. The van der Waals surface area contributed by atoms with Crippen molar-refractivity contribution in [3.63, 3.8) is 0 Å². The van der Waals surface area contributed by atoms with E-state index in [2.05, 4.69) is 10.9 Å². The summed E-state index contributed by atoms with van der Waals surface area (Å²) in [6.45, 7) is 4.26. The maximum atomic E-state index is 14.4. The number of aryl methyl sites for hydroxylation is 1. The van der Waals surface area contributed by atoms with Crippen molar-refractivity contribution in [2.45, 2.75) is 57.0 Å². The molecule has 0 radical (unpaired) electrons. The highest BCUT2D eigenvalue weighted by Gasteiger charge is 2.53. The molecular weight excluding hydrogens is 722 g/mol. The average Bonchev–Trinajstić information content (AvgIpc) is 3.57. The number of halogens is 1. The summed E-state index contributed by atoms with van der Waals surface area (Å²) in [7, 11) is -3.39. The highest BCUT2D eigenvalue weighted by atomic mass is 35.5. The third kappa shape index (κ3) is 9.39. The van der Waals surface area contributed by atoms with Gasteiger partial charge >= 0.3 is 0 Å². The van der Waals surface area contributed by atoms with E-state index in [0.29, 0.717) is 88.3 Å². The minimum atomic E-state index is -3.39. The predicted octanol–water partition coefficient (Wildman–Crippen LogP) is 3.80. The number of carbonyl (C=O) groups excluding carboxylic acids is 2. The number of fused-ring (bicyclic) bond motifs is 3. The van der Waals surface area contributed by atoms with Crippen LogP contribution >= 0.6 is 11.6 Å². The van der Waals surface area contributed by atoms with Crippen molar-refractivity contribution in [1.29, 1.82) is 0 Å². The summed E-state index contributed by atoms with van der Waals surface area (Å²) in [5.41, 5.74) is 2.43. The fraction of sp³-hybridized carbons (Fsp3) is 0.579. The smallest absolute Gasteiger partial charge is 0.238 e. The Bertz CT molecular complexity index is 1880. The van der Waals surface area contributed by atoms with E-state index < -0.39 is 15.3 Å². The highest BCUT2D eigenvalue weighted by Crippen LogP contribution is 2.48. The molecule has 3 aromatic rings. The van der Waals surface area contributed by atoms with Crippen LogP contribution < -0.4 is 4.90 Å². The molecule has 53 heavy (non-hydrogen) atoms. The normalized spacial score (nSPS) is 17.0. The number of aromatic nitrogens is 3. The number of terminal acetylenes is 1. The molecule has 1 spiro atoms. The van der Waals surface area contributed by atoms with Crippen LogP contribution in [0.1, 0.15) is 49.9 Å². The molecular formula is C38H48ClN5O8S. The minimum Gasteiger partial charge on any atom is -0.378 e. The SMILES string of the molecule is C#CCOCCOCCOCCOCCS(=O)(=O)CCCn1c(CN2C(=O)C3(CCN(C(=O)C4CCC4)CC3)c3ccncc32)nc2cc(Cl)ccc21. The second-order valence-corrected chi connectivity index (χ2v) is 16.5. The van der Waals surface area contributed by atoms with Crippen molar-refractivity contribution < 1.29 is 37.0 Å². The molecule has 1 aliphatic carbocycles. The van der Waals surface area contributed by atoms with Gasteiger partial charge in [0.15, 0.2) is 9.84 Å². The summed E-state index contributed by atoms with van der Waals surface area (Å²) in [4.78, 5) is 40.4. The number of ether oxygens (including phenoxy) is 4. The van der Waals surface area contributed by atoms with Crippen LogP contribution in [0, 0.1) is 18.3 Å². The van der Waals surface area contributed by atoms with Gasteiger partial charge in [0.25, 0.3) is 0 Å². The number of amides is 2. The molecule has 1 aromatic carbocycles. The van der Waals surface area contributed by atoms with Crippen LogP contribution in [-0.2, 0) is 56.9 Å². The number of nitrogens with zero attached hydrogens (tertiary/aromatic N) is 5. The summed E-state index contributed by atoms with van der Waals surface area (Å²) >= 11 is 6.33. The van der Waals surface area contributed by atoms with E-state index in [4.69, 9.17) is 42.0 Å². The van der Waals surface area contributed by atoms with Crippen LogP contribution in [0.4, 0.5) is 5.69 Å². The number of hydrogen-bond acceptors (Lipinski definition) is 10. The standard InChI is InChI=1S/C38H48ClN5O8S/c1-2-16-49-17-18-50-19-20-51-21-22-52-23-25-53(47,48)24-4-13-43-33-8-7-30(39)26-32(33)41-35(43)28-44-34-27-40-12-9-31(34)38(37(44)46)10-14-42(15-11-38)36(45)29-5-3-6-29/h1,7-9,12,26-27,29H,3-6,10-11,13-25,28H2. The van der Waals surface area contributed by atoms with E-state index >= 15 is 0 Å². The molecule has 2 aliphatic heterocycles. The molecule has 6 rings (SSSR count). The molecule has 2 fully saturated rings. The molecule has 15 heteroatoms. The Hall–Kier alpha value is -3.58. The molecule has 13 nitrogen and oxygen atoms in total. The number of sulfone groups is 1. The van der Waals surface area contributed by atoms with Crippen molar-refractivity contribution in [3.05, 3.63) is 53.1 Å². The molecule has 0 unspecified atom stereocenters. The van der Waals surface area contributed by atoms with Crippen LogP contribution in [0.15, 0.2) is 36.7 Å². The zero-order chi connectivity index (χ0) is 37.3. The molecule has 1 saturated carbocycles. The number of anilines is 1. The molecule has 0 atom stereocenters. The van der Waals surface area contributed by atoms with Crippen molar-refractivity contribution >= 4 is 50.0 Å². The summed E-state index contributed by atoms with van der Waals surface area (Å²) in [6.07, 6.45) is 13.0. The van der Waals surface area contributed by atoms with Gasteiger partial charge in [-0.15, -0.1) is 6.42 Å². The maximum Gasteiger partial charge on any atom is 0.238 e. The lowest BCUT2D eigenvalue weighted by atomic mass is 9.73. The van der Waals surface area contributed by atoms with Gasteiger partial charge in [0, 0.05) is 36.8 Å². The Labute approximate surface area is 316 Å². The van der Waals surface area contributed by atoms with Crippen LogP contribution in [0.2, 0.25) is 5.02 Å². The first-order valence-electron chi connectivity index (χ1n) is 18.4. The second-order valence-electron chi connectivity index (χ2n) is 13.7. The number of likely N-dealkylation sites (tertiary alicyclic amines) is 1. The fourth-order valence-electron chi connectivity index (χ4n) is 7.34. The van der Waals surface area contributed by atoms with Gasteiger partial charge in [-0.05, 0) is 61.9 Å². The lowest BCUT2D eigenvalue weighted by molar-refractivity contribution is -0.141. The minimum absolute atomic E-state index is 0.0173. The maximum absolute atomic E-state index is 14.4. The zero-order valence-electron chi connectivity index (χ0n) is 30.0. The first kappa shape index (κ1) is 39.1. The van der Waals surface area contributed by atoms with Crippen molar-refractivity contribution in [3.8, 4) is 12.3 Å². The van der Waals surface area contributed by atoms with Gasteiger partial charge in [-0.1, -0.05) is 23.9 Å². The van der Waals surface area contributed by atoms with E-state index in [1.165, 1.54) is 0 Å². The number of carbonyl (C=O) groups is 2. The number of rotatable bonds is 20. The summed E-state index contributed by atoms with van der Waals surface area (Å²) in [6, 6.07) is 7.36. The van der Waals surface area contributed by atoms with Crippen LogP contribution in [0.25, 0.3) is 11.0 Å². The fourth-order valence-corrected chi connectivity index (χ4v) is 8.65. The third-order valence-corrected chi connectivity index (χ3v) is 12.3. The molecule has 4 heterocycles. The van der Waals surface area contributed by atoms with Crippen molar-refractivity contribution in [2.24, 2.45) is 5.92 Å². The molecule has 286 valence electrons. The van der Waals surface area contributed by atoms with Crippen LogP contribution in [0.3, 0.4) is 0 Å². The first-order chi connectivity index (χ1) is 25.7. The summed E-state index contributed by atoms with van der Waals surface area (Å²) in [5, 5.41) is 0.533. The zero-order valence-corrected chi connectivity index (χ0v) is 31.6. The van der Waals surface area contributed by atoms with Gasteiger partial charge in [-0.3, -0.25) is 14.6 Å². The lowest BCUT2D eigenvalue weighted by Gasteiger charge is -2.40. The van der Waals surface area contributed by atoms with E-state index in [0.717, 1.165) is 36.0 Å². The van der Waals surface area contributed by atoms with E-state index in [-0.39, 0.29) is 55.6 Å². The molecule has 0 N–H and O–H groups in total. The number of imidazole rings is 1. The van der Waals surface area contributed by atoms with Gasteiger partial charge in [0.05, 0.1) is 92.6 Å². The van der Waals surface area contributed by atoms with Gasteiger partial charge in [-0.2, -0.15) is 0 Å². The predicted molar refractivity (Wildman–Crippen MR) is 200 cm³/mol. The first-order valence-corrected chi connectivity index (χ1v) is 20.6. The Balaban J connectivity index is 1.03. The number of pyridine rings is 1. The Morgan fingerprint density at radius 3 is 2.36 bits per heavy atom. The number of hydrogen-bond donors (Lipinski definition) is 0. The monoisotopic (exact) mass is 769 g/mol. The third-order valence-electron chi connectivity index (χ3n) is 10.4. The van der Waals surface area contributed by atoms with Gasteiger partial charge < -0.3 is 33.3 Å². The van der Waals surface area contributed by atoms with E-state index in [9.17, 15) is 18.0 Å². The van der Waals surface area contributed by atoms with Gasteiger partial charge in [-0.25, -0.2) is 13.4 Å². The quantitative estimate of drug-likeness (QED) is 0.123. The Morgan fingerprint density at radius 2 is 1.68 bits per heavy atom. The Kier molecular flexibility index (Phi) is 13.4. The van der Waals surface area contributed by atoms with Crippen molar-refractivity contribution in [1.82, 2.24) is 19.4 Å². The highest BCUT2D eigenvalue weighted by molar-refractivity contribution is 7.91. The average molecular weight is 770 g/mol. The lowest BCUT2D eigenvalue weighted by Crippen LogP contribution is -2.51.